The molecule has 0 spiro atoms. The third-order valence-electron chi connectivity index (χ3n) is 3.07. The molecule has 0 amide bonds. The number of methoxy groups -OCH3 is 2. The summed E-state index contributed by atoms with van der Waals surface area (Å²) in [4.78, 5) is 0. The zero-order chi connectivity index (χ0) is 13.3. The van der Waals surface area contributed by atoms with E-state index in [4.69, 9.17) is 9.47 Å². The van der Waals surface area contributed by atoms with Crippen LogP contribution in [0.25, 0.3) is 0 Å². The summed E-state index contributed by atoms with van der Waals surface area (Å²) in [6, 6.07) is 3.53. The van der Waals surface area contributed by atoms with Crippen LogP contribution in [-0.2, 0) is 16.4 Å². The maximum atomic E-state index is 11.8. The van der Waals surface area contributed by atoms with Gasteiger partial charge in [-0.1, -0.05) is 0 Å². The molecule has 0 atom stereocenters. The van der Waals surface area contributed by atoms with E-state index in [1.807, 2.05) is 0 Å². The minimum Gasteiger partial charge on any atom is -0.497 e. The van der Waals surface area contributed by atoms with E-state index in [1.54, 1.807) is 26.4 Å². The van der Waals surface area contributed by atoms with Gasteiger partial charge >= 0.3 is 0 Å². The molecule has 2 rings (SSSR count). The van der Waals surface area contributed by atoms with E-state index in [0.717, 1.165) is 18.4 Å². The van der Waals surface area contributed by atoms with E-state index < -0.39 is 10.0 Å². The molecule has 0 saturated heterocycles. The topological polar surface area (TPSA) is 55.8 Å². The van der Waals surface area contributed by atoms with Crippen LogP contribution in [-0.4, -0.2) is 35.4 Å². The molecule has 6 heteroatoms. The highest BCUT2D eigenvalue weighted by Gasteiger charge is 2.27. The zero-order valence-electron chi connectivity index (χ0n) is 10.8. The number of fused-ring (bicyclic) bond motifs is 1. The van der Waals surface area contributed by atoms with Gasteiger partial charge in [0.05, 0.1) is 26.2 Å². The monoisotopic (exact) mass is 271 g/mol. The van der Waals surface area contributed by atoms with Crippen molar-refractivity contribution >= 4 is 15.7 Å². The van der Waals surface area contributed by atoms with E-state index in [1.165, 1.54) is 10.6 Å². The Hall–Kier alpha value is -1.43. The molecule has 1 aliphatic heterocycles. The number of hydrogen-bond donors (Lipinski definition) is 0. The SMILES string of the molecule is COc1cc(OC)c2c(c1)N(S(C)(=O)=O)CCC2. The lowest BCUT2D eigenvalue weighted by molar-refractivity contribution is 0.390. The van der Waals surface area contributed by atoms with Crippen molar-refractivity contribution in [2.45, 2.75) is 12.8 Å². The smallest absolute Gasteiger partial charge is 0.232 e. The van der Waals surface area contributed by atoms with Crippen molar-refractivity contribution in [2.24, 2.45) is 0 Å². The van der Waals surface area contributed by atoms with Crippen LogP contribution in [0.4, 0.5) is 5.69 Å². The van der Waals surface area contributed by atoms with Crippen molar-refractivity contribution in [3.05, 3.63) is 17.7 Å². The third kappa shape index (κ3) is 2.25. The van der Waals surface area contributed by atoms with Crippen molar-refractivity contribution in [2.75, 3.05) is 31.3 Å². The van der Waals surface area contributed by atoms with E-state index in [9.17, 15) is 8.42 Å². The molecule has 0 saturated carbocycles. The molecule has 5 nitrogen and oxygen atoms in total. The molecule has 0 bridgehead atoms. The Morgan fingerprint density at radius 3 is 2.50 bits per heavy atom. The first-order valence-corrected chi connectivity index (χ1v) is 7.55. The van der Waals surface area contributed by atoms with Crippen LogP contribution in [0.5, 0.6) is 11.5 Å². The fourth-order valence-corrected chi connectivity index (χ4v) is 3.23. The van der Waals surface area contributed by atoms with Crippen molar-refractivity contribution in [3.8, 4) is 11.5 Å². The Kier molecular flexibility index (Phi) is 3.38. The van der Waals surface area contributed by atoms with Crippen molar-refractivity contribution in [1.29, 1.82) is 0 Å². The molecule has 1 heterocycles. The summed E-state index contributed by atoms with van der Waals surface area (Å²) in [7, 11) is -0.139. The molecule has 0 radical (unpaired) electrons. The van der Waals surface area contributed by atoms with Gasteiger partial charge in [0.1, 0.15) is 11.5 Å². The van der Waals surface area contributed by atoms with Crippen LogP contribution in [0, 0.1) is 0 Å². The molecule has 100 valence electrons. The number of hydrogen-bond acceptors (Lipinski definition) is 4. The van der Waals surface area contributed by atoms with Crippen LogP contribution < -0.4 is 13.8 Å². The molecule has 0 aromatic heterocycles. The molecule has 0 unspecified atom stereocenters. The molecule has 1 aliphatic rings. The maximum Gasteiger partial charge on any atom is 0.232 e. The van der Waals surface area contributed by atoms with E-state index in [-0.39, 0.29) is 0 Å². The van der Waals surface area contributed by atoms with Crippen molar-refractivity contribution in [3.63, 3.8) is 0 Å². The third-order valence-corrected chi connectivity index (χ3v) is 4.25. The number of nitrogens with zero attached hydrogens (tertiary/aromatic N) is 1. The number of sulfonamides is 1. The lowest BCUT2D eigenvalue weighted by Crippen LogP contribution is -2.34. The predicted octanol–water partition coefficient (Wildman–Crippen LogP) is 1.42. The second kappa shape index (κ2) is 4.68. The molecule has 0 aliphatic carbocycles. The van der Waals surface area contributed by atoms with Gasteiger partial charge in [-0.15, -0.1) is 0 Å². The Bertz CT molecular complexity index is 553. The first-order valence-electron chi connectivity index (χ1n) is 5.70. The van der Waals surface area contributed by atoms with Gasteiger partial charge in [0.2, 0.25) is 10.0 Å². The highest BCUT2D eigenvalue weighted by Crippen LogP contribution is 2.39. The van der Waals surface area contributed by atoms with Gasteiger partial charge in [-0.2, -0.15) is 0 Å². The van der Waals surface area contributed by atoms with Crippen LogP contribution in [0.15, 0.2) is 12.1 Å². The summed E-state index contributed by atoms with van der Waals surface area (Å²) in [5.74, 6) is 1.28. The maximum absolute atomic E-state index is 11.8. The van der Waals surface area contributed by atoms with Crippen LogP contribution >= 0.6 is 0 Å². The molecular weight excluding hydrogens is 254 g/mol. The van der Waals surface area contributed by atoms with E-state index >= 15 is 0 Å². The molecule has 0 fully saturated rings. The quantitative estimate of drug-likeness (QED) is 0.834. The van der Waals surface area contributed by atoms with Crippen LogP contribution in [0.2, 0.25) is 0 Å². The Balaban J connectivity index is 2.62. The number of anilines is 1. The Morgan fingerprint density at radius 2 is 1.94 bits per heavy atom. The fraction of sp³-hybridized carbons (Fsp3) is 0.500. The van der Waals surface area contributed by atoms with Crippen molar-refractivity contribution in [1.82, 2.24) is 0 Å². The van der Waals surface area contributed by atoms with Gasteiger partial charge in [-0.3, -0.25) is 4.31 Å². The fourth-order valence-electron chi connectivity index (χ4n) is 2.24. The molecular formula is C12H17NO4S. The highest BCUT2D eigenvalue weighted by atomic mass is 32.2. The van der Waals surface area contributed by atoms with Crippen LogP contribution in [0.3, 0.4) is 0 Å². The molecule has 18 heavy (non-hydrogen) atoms. The van der Waals surface area contributed by atoms with Crippen molar-refractivity contribution < 1.29 is 17.9 Å². The van der Waals surface area contributed by atoms with Gasteiger partial charge in [0, 0.05) is 24.2 Å². The minimum absolute atomic E-state index is 0.502. The second-order valence-electron chi connectivity index (χ2n) is 4.27. The predicted molar refractivity (Wildman–Crippen MR) is 70.1 cm³/mol. The average molecular weight is 271 g/mol. The zero-order valence-corrected chi connectivity index (χ0v) is 11.6. The Morgan fingerprint density at radius 1 is 1.22 bits per heavy atom. The summed E-state index contributed by atoms with van der Waals surface area (Å²) < 4.78 is 35.5. The van der Waals surface area contributed by atoms with Gasteiger partial charge in [-0.25, -0.2) is 8.42 Å². The lowest BCUT2D eigenvalue weighted by Gasteiger charge is -2.30. The van der Waals surface area contributed by atoms with E-state index in [0.29, 0.717) is 23.7 Å². The number of rotatable bonds is 3. The highest BCUT2D eigenvalue weighted by molar-refractivity contribution is 7.92. The van der Waals surface area contributed by atoms with Crippen LogP contribution in [0.1, 0.15) is 12.0 Å². The minimum atomic E-state index is -3.27. The van der Waals surface area contributed by atoms with Gasteiger partial charge in [-0.05, 0) is 12.8 Å². The molecule has 1 aromatic carbocycles. The van der Waals surface area contributed by atoms with E-state index in [2.05, 4.69) is 0 Å². The normalized spacial score (nSPS) is 15.2. The second-order valence-corrected chi connectivity index (χ2v) is 6.17. The summed E-state index contributed by atoms with van der Waals surface area (Å²) in [6.45, 7) is 0.502. The lowest BCUT2D eigenvalue weighted by atomic mass is 10.0. The average Bonchev–Trinajstić information content (AvgIpc) is 2.35. The number of ether oxygens (including phenoxy) is 2. The summed E-state index contributed by atoms with van der Waals surface area (Å²) in [5, 5.41) is 0. The largest absolute Gasteiger partial charge is 0.497 e. The molecule has 1 aromatic rings. The van der Waals surface area contributed by atoms with Gasteiger partial charge < -0.3 is 9.47 Å². The summed E-state index contributed by atoms with van der Waals surface area (Å²) in [6.07, 6.45) is 2.82. The summed E-state index contributed by atoms with van der Waals surface area (Å²) in [5.41, 5.74) is 1.59. The first kappa shape index (κ1) is 13.0. The summed E-state index contributed by atoms with van der Waals surface area (Å²) >= 11 is 0. The van der Waals surface area contributed by atoms with Gasteiger partial charge in [0.25, 0.3) is 0 Å². The Labute approximate surface area is 107 Å². The first-order chi connectivity index (χ1) is 8.47. The standard InChI is InChI=1S/C12H17NO4S/c1-16-9-7-11-10(12(8-9)17-2)5-4-6-13(11)18(3,14)15/h7-8H,4-6H2,1-3H3. The number of benzene rings is 1. The molecule has 0 N–H and O–H groups in total. The van der Waals surface area contributed by atoms with Gasteiger partial charge in [0.15, 0.2) is 0 Å².